The maximum atomic E-state index is 11.7. The molecule has 0 aliphatic rings. The van der Waals surface area contributed by atoms with Crippen molar-refractivity contribution in [2.45, 2.75) is 13.3 Å². The molecule has 0 aliphatic heterocycles. The molecule has 0 saturated carbocycles. The fourth-order valence-electron chi connectivity index (χ4n) is 1.66. The predicted octanol–water partition coefficient (Wildman–Crippen LogP) is 1.10. The van der Waals surface area contributed by atoms with Crippen LogP contribution in [0.4, 0.5) is 11.5 Å². The Labute approximate surface area is 120 Å². The number of amides is 1. The quantitative estimate of drug-likeness (QED) is 0.663. The molecule has 6 nitrogen and oxygen atoms in total. The summed E-state index contributed by atoms with van der Waals surface area (Å²) in [7, 11) is 3.49. The van der Waals surface area contributed by atoms with Crippen molar-refractivity contribution in [1.82, 2.24) is 10.3 Å². The minimum Gasteiger partial charge on any atom is -0.383 e. The molecule has 1 heterocycles. The van der Waals surface area contributed by atoms with E-state index >= 15 is 0 Å². The standard InChI is InChI=1S/C14H24N4O2/c1-4-6-15-13-10-12(5-7-16-13)18(2)11-14(19)17-8-9-20-3/h5,7,10H,4,6,8-9,11H2,1-3H3,(H,15,16)(H,17,19). The fraction of sp³-hybridized carbons (Fsp3) is 0.571. The first-order chi connectivity index (χ1) is 9.67. The fourth-order valence-corrected chi connectivity index (χ4v) is 1.66. The third-order valence-electron chi connectivity index (χ3n) is 2.75. The van der Waals surface area contributed by atoms with Gasteiger partial charge in [0.2, 0.25) is 5.91 Å². The van der Waals surface area contributed by atoms with E-state index < -0.39 is 0 Å². The van der Waals surface area contributed by atoms with E-state index in [0.29, 0.717) is 19.7 Å². The molecule has 2 N–H and O–H groups in total. The van der Waals surface area contributed by atoms with Gasteiger partial charge in [-0.3, -0.25) is 4.79 Å². The summed E-state index contributed by atoms with van der Waals surface area (Å²) in [4.78, 5) is 17.9. The molecule has 1 rings (SSSR count). The summed E-state index contributed by atoms with van der Waals surface area (Å²) in [5, 5.41) is 6.03. The lowest BCUT2D eigenvalue weighted by atomic mass is 10.3. The van der Waals surface area contributed by atoms with E-state index in [4.69, 9.17) is 4.74 Å². The van der Waals surface area contributed by atoms with Gasteiger partial charge < -0.3 is 20.3 Å². The lowest BCUT2D eigenvalue weighted by Crippen LogP contribution is -2.36. The van der Waals surface area contributed by atoms with Gasteiger partial charge in [-0.2, -0.15) is 0 Å². The van der Waals surface area contributed by atoms with E-state index in [0.717, 1.165) is 24.5 Å². The lowest BCUT2D eigenvalue weighted by Gasteiger charge is -2.19. The van der Waals surface area contributed by atoms with Crippen LogP contribution in [-0.2, 0) is 9.53 Å². The van der Waals surface area contributed by atoms with Gasteiger partial charge in [0.1, 0.15) is 5.82 Å². The van der Waals surface area contributed by atoms with Gasteiger partial charge in [-0.05, 0) is 12.5 Å². The third kappa shape index (κ3) is 5.88. The molecule has 1 aromatic heterocycles. The number of ether oxygens (including phenoxy) is 1. The number of rotatable bonds is 9. The van der Waals surface area contributed by atoms with Gasteiger partial charge in [-0.15, -0.1) is 0 Å². The lowest BCUT2D eigenvalue weighted by molar-refractivity contribution is -0.119. The normalized spacial score (nSPS) is 10.2. The summed E-state index contributed by atoms with van der Waals surface area (Å²) in [5.41, 5.74) is 0.959. The molecule has 1 amide bonds. The highest BCUT2D eigenvalue weighted by Crippen LogP contribution is 2.15. The number of carbonyl (C=O) groups excluding carboxylic acids is 1. The molecule has 0 unspecified atom stereocenters. The SMILES string of the molecule is CCCNc1cc(N(C)CC(=O)NCCOC)ccn1. The van der Waals surface area contributed by atoms with Gasteiger partial charge in [-0.1, -0.05) is 6.92 Å². The van der Waals surface area contributed by atoms with Crippen molar-refractivity contribution in [2.75, 3.05) is 50.6 Å². The van der Waals surface area contributed by atoms with Crippen LogP contribution in [0, 0.1) is 0 Å². The van der Waals surface area contributed by atoms with Crippen LogP contribution in [0.2, 0.25) is 0 Å². The Morgan fingerprint density at radius 3 is 2.95 bits per heavy atom. The molecular formula is C14H24N4O2. The van der Waals surface area contributed by atoms with Gasteiger partial charge in [0.05, 0.1) is 13.2 Å². The molecule has 0 atom stereocenters. The Kier molecular flexibility index (Phi) is 7.42. The number of methoxy groups -OCH3 is 1. The van der Waals surface area contributed by atoms with Crippen LogP contribution >= 0.6 is 0 Å². The molecule has 0 spiro atoms. The highest BCUT2D eigenvalue weighted by Gasteiger charge is 2.07. The smallest absolute Gasteiger partial charge is 0.239 e. The monoisotopic (exact) mass is 280 g/mol. The van der Waals surface area contributed by atoms with Crippen molar-refractivity contribution in [3.8, 4) is 0 Å². The van der Waals surface area contributed by atoms with Crippen LogP contribution in [0.3, 0.4) is 0 Å². The molecule has 0 radical (unpaired) electrons. The van der Waals surface area contributed by atoms with Crippen LogP contribution in [-0.4, -0.2) is 51.3 Å². The van der Waals surface area contributed by atoms with E-state index in [1.807, 2.05) is 24.1 Å². The second-order valence-electron chi connectivity index (χ2n) is 4.52. The van der Waals surface area contributed by atoms with E-state index in [-0.39, 0.29) is 5.91 Å². The van der Waals surface area contributed by atoms with Crippen molar-refractivity contribution in [3.63, 3.8) is 0 Å². The molecule has 112 valence electrons. The van der Waals surface area contributed by atoms with Crippen molar-refractivity contribution in [3.05, 3.63) is 18.3 Å². The molecule has 0 fully saturated rings. The second-order valence-corrected chi connectivity index (χ2v) is 4.52. The summed E-state index contributed by atoms with van der Waals surface area (Å²) in [5.74, 6) is 0.806. The minimum absolute atomic E-state index is 0.0237. The topological polar surface area (TPSA) is 66.5 Å². The van der Waals surface area contributed by atoms with Gasteiger partial charge in [-0.25, -0.2) is 4.98 Å². The zero-order chi connectivity index (χ0) is 14.8. The first kappa shape index (κ1) is 16.2. The number of likely N-dealkylation sites (N-methyl/N-ethyl adjacent to an activating group) is 1. The Morgan fingerprint density at radius 1 is 1.45 bits per heavy atom. The van der Waals surface area contributed by atoms with Gasteiger partial charge in [0.15, 0.2) is 0 Å². The molecule has 6 heteroatoms. The molecule has 20 heavy (non-hydrogen) atoms. The van der Waals surface area contributed by atoms with Crippen LogP contribution in [0.15, 0.2) is 18.3 Å². The van der Waals surface area contributed by atoms with Crippen molar-refractivity contribution in [1.29, 1.82) is 0 Å². The molecule has 0 saturated heterocycles. The molecule has 0 aromatic carbocycles. The summed E-state index contributed by atoms with van der Waals surface area (Å²) in [6.07, 6.45) is 2.79. The van der Waals surface area contributed by atoms with Crippen molar-refractivity contribution >= 4 is 17.4 Å². The molecule has 0 bridgehead atoms. The first-order valence-corrected chi connectivity index (χ1v) is 6.84. The maximum absolute atomic E-state index is 11.7. The number of nitrogens with zero attached hydrogens (tertiary/aromatic N) is 2. The van der Waals surface area contributed by atoms with Gasteiger partial charge in [0, 0.05) is 45.2 Å². The highest BCUT2D eigenvalue weighted by molar-refractivity contribution is 5.81. The van der Waals surface area contributed by atoms with Gasteiger partial charge >= 0.3 is 0 Å². The number of hydrogen-bond donors (Lipinski definition) is 2. The highest BCUT2D eigenvalue weighted by atomic mass is 16.5. The Balaban J connectivity index is 2.49. The van der Waals surface area contributed by atoms with Crippen molar-refractivity contribution in [2.24, 2.45) is 0 Å². The summed E-state index contributed by atoms with van der Waals surface area (Å²) < 4.78 is 4.89. The molecular weight excluding hydrogens is 256 g/mol. The number of nitrogens with one attached hydrogen (secondary N) is 2. The Bertz CT molecular complexity index is 412. The Hall–Kier alpha value is -1.82. The number of anilines is 2. The number of carbonyl (C=O) groups is 1. The van der Waals surface area contributed by atoms with Crippen LogP contribution in [0.1, 0.15) is 13.3 Å². The van der Waals surface area contributed by atoms with E-state index in [2.05, 4.69) is 22.5 Å². The summed E-state index contributed by atoms with van der Waals surface area (Å²) >= 11 is 0. The third-order valence-corrected chi connectivity index (χ3v) is 2.75. The van der Waals surface area contributed by atoms with Crippen LogP contribution in [0.25, 0.3) is 0 Å². The number of hydrogen-bond acceptors (Lipinski definition) is 5. The summed E-state index contributed by atoms with van der Waals surface area (Å²) in [6.45, 7) is 4.35. The van der Waals surface area contributed by atoms with E-state index in [1.165, 1.54) is 0 Å². The largest absolute Gasteiger partial charge is 0.383 e. The molecule has 0 aliphatic carbocycles. The maximum Gasteiger partial charge on any atom is 0.239 e. The van der Waals surface area contributed by atoms with E-state index in [1.54, 1.807) is 13.3 Å². The van der Waals surface area contributed by atoms with Gasteiger partial charge in [0.25, 0.3) is 0 Å². The van der Waals surface area contributed by atoms with E-state index in [9.17, 15) is 4.79 Å². The van der Waals surface area contributed by atoms with Crippen LogP contribution < -0.4 is 15.5 Å². The average Bonchev–Trinajstić information content (AvgIpc) is 2.45. The number of aromatic nitrogens is 1. The zero-order valence-corrected chi connectivity index (χ0v) is 12.5. The number of pyridine rings is 1. The average molecular weight is 280 g/mol. The predicted molar refractivity (Wildman–Crippen MR) is 81.2 cm³/mol. The summed E-state index contributed by atoms with van der Waals surface area (Å²) in [6, 6.07) is 3.83. The molecule has 1 aromatic rings. The Morgan fingerprint density at radius 2 is 2.25 bits per heavy atom. The zero-order valence-electron chi connectivity index (χ0n) is 12.5. The minimum atomic E-state index is -0.0237. The first-order valence-electron chi connectivity index (χ1n) is 6.84. The van der Waals surface area contributed by atoms with Crippen molar-refractivity contribution < 1.29 is 9.53 Å². The second kappa shape index (κ2) is 9.14. The van der Waals surface area contributed by atoms with Crippen LogP contribution in [0.5, 0.6) is 0 Å².